The molecule has 2 N–H and O–H groups in total. The maximum Gasteiger partial charge on any atom is 0.511 e. The second-order valence-corrected chi connectivity index (χ2v) is 5.33. The third kappa shape index (κ3) is 6.26. The summed E-state index contributed by atoms with van der Waals surface area (Å²) in [6.07, 6.45) is 3.57. The number of rotatable bonds is 8. The average Bonchev–Trinajstić information content (AvgIpc) is 2.64. The van der Waals surface area contributed by atoms with Gasteiger partial charge in [0, 0.05) is 18.6 Å². The lowest BCUT2D eigenvalue weighted by Crippen LogP contribution is -2.41. The molecule has 0 fully saturated rings. The Kier molecular flexibility index (Phi) is 7.91. The van der Waals surface area contributed by atoms with E-state index in [-0.39, 0.29) is 24.3 Å². The number of esters is 1. The van der Waals surface area contributed by atoms with Crippen LogP contribution in [-0.4, -0.2) is 47.0 Å². The highest BCUT2D eigenvalue weighted by atomic mass is 16.8. The molecule has 1 aromatic rings. The van der Waals surface area contributed by atoms with E-state index in [0.717, 1.165) is 13.0 Å². The quantitative estimate of drug-likeness (QED) is 0.215. The first-order valence-corrected chi connectivity index (χ1v) is 7.86. The van der Waals surface area contributed by atoms with Crippen LogP contribution in [0.1, 0.15) is 29.8 Å². The van der Waals surface area contributed by atoms with Crippen molar-refractivity contribution in [2.45, 2.75) is 26.2 Å². The molecular formula is C17H18N2O9. The zero-order valence-electron chi connectivity index (χ0n) is 15.1. The maximum absolute atomic E-state index is 11.8. The number of carbonyl (C=O) groups excluding carboxylic acids is 3. The molecule has 0 saturated heterocycles. The smallest absolute Gasteiger partial charge is 0.461 e. The average molecular weight is 394 g/mol. The minimum atomic E-state index is -2.59. The summed E-state index contributed by atoms with van der Waals surface area (Å²) in [5.74, 6) is -2.21. The number of hydrogen-bond donors (Lipinski definition) is 2. The summed E-state index contributed by atoms with van der Waals surface area (Å²) >= 11 is 0. The van der Waals surface area contributed by atoms with Crippen LogP contribution in [0.25, 0.3) is 0 Å². The molecule has 0 aromatic heterocycles. The Morgan fingerprint density at radius 3 is 2.61 bits per heavy atom. The van der Waals surface area contributed by atoms with E-state index in [2.05, 4.69) is 25.4 Å². The van der Waals surface area contributed by atoms with Gasteiger partial charge in [0.1, 0.15) is 6.61 Å². The first-order valence-electron chi connectivity index (χ1n) is 7.86. The van der Waals surface area contributed by atoms with Crippen LogP contribution < -0.4 is 5.32 Å². The number of nitro benzene ring substituents is 1. The molecular weight excluding hydrogens is 376 g/mol. The number of nitro groups is 1. The molecule has 11 nitrogen and oxygen atoms in total. The van der Waals surface area contributed by atoms with Gasteiger partial charge >= 0.3 is 17.9 Å². The predicted octanol–water partition coefficient (Wildman–Crippen LogP) is 0.883. The molecule has 0 heterocycles. The van der Waals surface area contributed by atoms with Gasteiger partial charge in [0.05, 0.1) is 23.6 Å². The molecule has 0 bridgehead atoms. The van der Waals surface area contributed by atoms with Gasteiger partial charge in [0.25, 0.3) is 11.6 Å². The van der Waals surface area contributed by atoms with Crippen LogP contribution in [0.5, 0.6) is 0 Å². The number of carbonyl (C=O) groups is 3. The third-order valence-electron chi connectivity index (χ3n) is 3.18. The van der Waals surface area contributed by atoms with Crippen molar-refractivity contribution in [3.63, 3.8) is 0 Å². The Labute approximate surface area is 159 Å². The fraction of sp³-hybridized carbons (Fsp3) is 0.353. The molecule has 0 aliphatic rings. The molecule has 0 aliphatic carbocycles. The van der Waals surface area contributed by atoms with Crippen molar-refractivity contribution in [1.29, 1.82) is 0 Å². The van der Waals surface area contributed by atoms with Crippen molar-refractivity contribution < 1.29 is 38.6 Å². The summed E-state index contributed by atoms with van der Waals surface area (Å²) in [7, 11) is 0. The zero-order valence-corrected chi connectivity index (χ0v) is 15.1. The molecule has 150 valence electrons. The monoisotopic (exact) mass is 394 g/mol. The number of aliphatic hydroxyl groups is 1. The first-order chi connectivity index (χ1) is 13.1. The van der Waals surface area contributed by atoms with Crippen LogP contribution in [0, 0.1) is 22.5 Å². The normalized spacial score (nSPS) is 12.1. The molecule has 1 aromatic carbocycles. The van der Waals surface area contributed by atoms with E-state index in [1.165, 1.54) is 19.1 Å². The number of amides is 1. The topological polar surface area (TPSA) is 154 Å². The van der Waals surface area contributed by atoms with Gasteiger partial charge < -0.3 is 24.6 Å². The van der Waals surface area contributed by atoms with Crippen molar-refractivity contribution >= 4 is 23.7 Å². The number of nitrogens with one attached hydrogen (secondary N) is 1. The molecule has 1 amide bonds. The van der Waals surface area contributed by atoms with Crippen LogP contribution in [0.15, 0.2) is 18.2 Å². The second-order valence-electron chi connectivity index (χ2n) is 5.33. The Balaban J connectivity index is 2.84. The van der Waals surface area contributed by atoms with Gasteiger partial charge in [-0.2, -0.15) is 0 Å². The minimum Gasteiger partial charge on any atom is -0.461 e. The Morgan fingerprint density at radius 1 is 1.36 bits per heavy atom. The standard InChI is InChI=1S/C17H18N2O9/c1-4-8-18-14(20)11-6-7-12(13(9-11)19(24)25)10-27-16(22)28-17(3,23)15(21)26-5-2/h1,6-7,9,23H,5,8,10H2,2-3H3,(H,18,20). The van der Waals surface area contributed by atoms with Crippen molar-refractivity contribution in [1.82, 2.24) is 5.32 Å². The SMILES string of the molecule is C#CCNC(=O)c1ccc(COC(=O)OC(C)(O)C(=O)OCC)c([N+](=O)[O-])c1. The van der Waals surface area contributed by atoms with E-state index in [4.69, 9.17) is 6.42 Å². The van der Waals surface area contributed by atoms with Crippen LogP contribution in [0.3, 0.4) is 0 Å². The van der Waals surface area contributed by atoms with E-state index < -0.39 is 41.0 Å². The van der Waals surface area contributed by atoms with Crippen molar-refractivity contribution in [3.8, 4) is 12.3 Å². The van der Waals surface area contributed by atoms with Crippen molar-refractivity contribution in [3.05, 3.63) is 39.4 Å². The van der Waals surface area contributed by atoms with Gasteiger partial charge in [-0.3, -0.25) is 14.9 Å². The highest BCUT2D eigenvalue weighted by Gasteiger charge is 2.37. The lowest BCUT2D eigenvalue weighted by Gasteiger charge is -2.20. The van der Waals surface area contributed by atoms with Gasteiger partial charge in [0.15, 0.2) is 0 Å². The maximum atomic E-state index is 11.8. The molecule has 1 unspecified atom stereocenters. The van der Waals surface area contributed by atoms with Crippen LogP contribution in [0.2, 0.25) is 0 Å². The number of nitrogens with zero attached hydrogens (tertiary/aromatic N) is 1. The van der Waals surface area contributed by atoms with Gasteiger partial charge in [-0.05, 0) is 19.1 Å². The summed E-state index contributed by atoms with van der Waals surface area (Å²) < 4.78 is 13.7. The zero-order chi connectivity index (χ0) is 21.3. The summed E-state index contributed by atoms with van der Waals surface area (Å²) in [4.78, 5) is 45.4. The molecule has 11 heteroatoms. The summed E-state index contributed by atoms with van der Waals surface area (Å²) in [5, 5.41) is 23.3. The number of benzene rings is 1. The van der Waals surface area contributed by atoms with Gasteiger partial charge in [0.2, 0.25) is 0 Å². The van der Waals surface area contributed by atoms with E-state index in [0.29, 0.717) is 0 Å². The van der Waals surface area contributed by atoms with Crippen LogP contribution >= 0.6 is 0 Å². The van der Waals surface area contributed by atoms with Crippen molar-refractivity contribution in [2.75, 3.05) is 13.2 Å². The summed E-state index contributed by atoms with van der Waals surface area (Å²) in [5.41, 5.74) is -0.553. The van der Waals surface area contributed by atoms with Gasteiger partial charge in [-0.15, -0.1) is 6.42 Å². The number of ether oxygens (including phenoxy) is 3. The van der Waals surface area contributed by atoms with Crippen LogP contribution in [-0.2, 0) is 25.6 Å². The molecule has 0 aliphatic heterocycles. The van der Waals surface area contributed by atoms with Gasteiger partial charge in [-0.1, -0.05) is 5.92 Å². The second kappa shape index (κ2) is 9.89. The fourth-order valence-corrected chi connectivity index (χ4v) is 1.87. The molecule has 0 radical (unpaired) electrons. The molecule has 28 heavy (non-hydrogen) atoms. The number of terminal acetylenes is 1. The Morgan fingerprint density at radius 2 is 2.04 bits per heavy atom. The highest BCUT2D eigenvalue weighted by Crippen LogP contribution is 2.22. The Hall–Kier alpha value is -3.65. The van der Waals surface area contributed by atoms with Gasteiger partial charge in [-0.25, -0.2) is 9.59 Å². The van der Waals surface area contributed by atoms with E-state index in [1.807, 2.05) is 0 Å². The lowest BCUT2D eigenvalue weighted by molar-refractivity contribution is -0.385. The van der Waals surface area contributed by atoms with Crippen LogP contribution in [0.4, 0.5) is 10.5 Å². The molecule has 0 saturated carbocycles. The summed E-state index contributed by atoms with van der Waals surface area (Å²) in [6.45, 7) is 1.64. The first kappa shape index (κ1) is 22.4. The van der Waals surface area contributed by atoms with Crippen molar-refractivity contribution in [2.24, 2.45) is 0 Å². The van der Waals surface area contributed by atoms with E-state index >= 15 is 0 Å². The Bertz CT molecular complexity index is 811. The predicted molar refractivity (Wildman–Crippen MR) is 92.8 cm³/mol. The highest BCUT2D eigenvalue weighted by molar-refractivity contribution is 5.95. The fourth-order valence-electron chi connectivity index (χ4n) is 1.87. The molecule has 1 rings (SSSR count). The van der Waals surface area contributed by atoms with E-state index in [9.17, 15) is 29.6 Å². The largest absolute Gasteiger partial charge is 0.511 e. The lowest BCUT2D eigenvalue weighted by atomic mass is 10.1. The molecule has 1 atom stereocenters. The third-order valence-corrected chi connectivity index (χ3v) is 3.18. The number of hydrogen-bond acceptors (Lipinski definition) is 9. The van der Waals surface area contributed by atoms with E-state index in [1.54, 1.807) is 0 Å². The minimum absolute atomic E-state index is 0.0153. The summed E-state index contributed by atoms with van der Waals surface area (Å²) in [6, 6.07) is 3.47. The molecule has 0 spiro atoms.